The van der Waals surface area contributed by atoms with Gasteiger partial charge in [0.05, 0.1) is 22.2 Å². The van der Waals surface area contributed by atoms with E-state index in [1.165, 1.54) is 22.3 Å². The summed E-state index contributed by atoms with van der Waals surface area (Å²) in [5, 5.41) is 13.9. The fourth-order valence-electron chi connectivity index (χ4n) is 2.64. The van der Waals surface area contributed by atoms with Gasteiger partial charge >= 0.3 is 5.88 Å². The molecule has 2 amide bonds. The van der Waals surface area contributed by atoms with Crippen LogP contribution in [0.3, 0.4) is 0 Å². The van der Waals surface area contributed by atoms with E-state index in [1.807, 2.05) is 24.3 Å². The first kappa shape index (κ1) is 16.2. The van der Waals surface area contributed by atoms with Crippen LogP contribution >= 0.6 is 11.3 Å². The third kappa shape index (κ3) is 2.90. The minimum absolute atomic E-state index is 0.110. The Labute approximate surface area is 150 Å². The summed E-state index contributed by atoms with van der Waals surface area (Å²) < 4.78 is 5.87. The fourth-order valence-corrected chi connectivity index (χ4v) is 3.51. The van der Waals surface area contributed by atoms with Crippen molar-refractivity contribution < 1.29 is 18.9 Å². The summed E-state index contributed by atoms with van der Waals surface area (Å²) in [4.78, 5) is 40.1. The molecule has 0 radical (unpaired) electrons. The van der Waals surface area contributed by atoms with Crippen molar-refractivity contribution >= 4 is 44.4 Å². The number of rotatable bonds is 4. The highest BCUT2D eigenvalue weighted by molar-refractivity contribution is 7.22. The molecular formula is C16H12N4O5S. The van der Waals surface area contributed by atoms with Crippen LogP contribution in [0.2, 0.25) is 0 Å². The molecule has 1 saturated heterocycles. The lowest BCUT2D eigenvalue weighted by Gasteiger charge is -2.37. The highest BCUT2D eigenvalue weighted by Gasteiger charge is 2.37. The lowest BCUT2D eigenvalue weighted by Crippen LogP contribution is -2.54. The second-order valence-corrected chi connectivity index (χ2v) is 6.81. The van der Waals surface area contributed by atoms with Crippen LogP contribution in [0.25, 0.3) is 10.2 Å². The Kier molecular flexibility index (Phi) is 3.88. The van der Waals surface area contributed by atoms with Crippen molar-refractivity contribution in [2.75, 3.05) is 18.4 Å². The van der Waals surface area contributed by atoms with Crippen molar-refractivity contribution in [1.82, 2.24) is 9.88 Å². The average molecular weight is 372 g/mol. The van der Waals surface area contributed by atoms with Crippen molar-refractivity contribution in [3.8, 4) is 0 Å². The molecule has 1 aromatic carbocycles. The molecule has 0 spiro atoms. The second kappa shape index (κ2) is 6.23. The monoisotopic (exact) mass is 372 g/mol. The number of fused-ring (bicyclic) bond motifs is 1. The van der Waals surface area contributed by atoms with E-state index in [4.69, 9.17) is 4.42 Å². The van der Waals surface area contributed by atoms with E-state index in [0.29, 0.717) is 5.13 Å². The lowest BCUT2D eigenvalue weighted by molar-refractivity contribution is -0.402. The van der Waals surface area contributed by atoms with E-state index in [1.54, 1.807) is 0 Å². The minimum atomic E-state index is -0.707. The van der Waals surface area contributed by atoms with Crippen molar-refractivity contribution in [1.29, 1.82) is 0 Å². The standard InChI is InChI=1S/C16H12N4O5S/c21-14(18-16-17-10-3-1-2-4-12(10)26-16)9-7-19(8-9)15(22)11-5-6-13(25-11)20(23)24/h1-6,9H,7-8H2,(H,17,18,21). The Hall–Kier alpha value is -3.27. The number of hydrogen-bond acceptors (Lipinski definition) is 7. The largest absolute Gasteiger partial charge is 0.433 e. The summed E-state index contributed by atoms with van der Waals surface area (Å²) in [5.74, 6) is -1.63. The smallest absolute Gasteiger partial charge is 0.395 e. The van der Waals surface area contributed by atoms with E-state index < -0.39 is 16.7 Å². The van der Waals surface area contributed by atoms with Crippen LogP contribution < -0.4 is 5.32 Å². The molecule has 10 heteroatoms. The molecule has 1 aliphatic rings. The zero-order valence-corrected chi connectivity index (χ0v) is 14.1. The van der Waals surface area contributed by atoms with E-state index in [-0.39, 0.29) is 30.7 Å². The minimum Gasteiger partial charge on any atom is -0.395 e. The number of thiazole rings is 1. The molecule has 26 heavy (non-hydrogen) atoms. The van der Waals surface area contributed by atoms with E-state index >= 15 is 0 Å². The number of para-hydroxylation sites is 1. The van der Waals surface area contributed by atoms with Gasteiger partial charge in [-0.05, 0) is 18.2 Å². The highest BCUT2D eigenvalue weighted by Crippen LogP contribution is 2.27. The van der Waals surface area contributed by atoms with Crippen LogP contribution in [-0.4, -0.2) is 39.7 Å². The number of furan rings is 1. The summed E-state index contributed by atoms with van der Waals surface area (Å²) >= 11 is 1.38. The van der Waals surface area contributed by atoms with Crippen molar-refractivity contribution in [2.24, 2.45) is 5.92 Å². The van der Waals surface area contributed by atoms with Gasteiger partial charge in [-0.3, -0.25) is 19.7 Å². The number of likely N-dealkylation sites (tertiary alicyclic amines) is 1. The van der Waals surface area contributed by atoms with E-state index in [2.05, 4.69) is 10.3 Å². The van der Waals surface area contributed by atoms with Gasteiger partial charge < -0.3 is 14.6 Å². The molecule has 0 aliphatic carbocycles. The van der Waals surface area contributed by atoms with Crippen LogP contribution in [0.15, 0.2) is 40.8 Å². The predicted molar refractivity (Wildman–Crippen MR) is 93.0 cm³/mol. The quantitative estimate of drug-likeness (QED) is 0.555. The zero-order valence-electron chi connectivity index (χ0n) is 13.2. The first-order chi connectivity index (χ1) is 12.5. The SMILES string of the molecule is O=C(Nc1nc2ccccc2s1)C1CN(C(=O)c2ccc([N+](=O)[O-])o2)C1. The third-order valence-corrected chi connectivity index (χ3v) is 5.00. The normalized spacial score (nSPS) is 14.2. The van der Waals surface area contributed by atoms with Gasteiger partial charge in [-0.25, -0.2) is 4.98 Å². The maximum absolute atomic E-state index is 12.3. The number of nitrogens with one attached hydrogen (secondary N) is 1. The van der Waals surface area contributed by atoms with Gasteiger partial charge in [-0.2, -0.15) is 0 Å². The molecule has 0 unspecified atom stereocenters. The van der Waals surface area contributed by atoms with Gasteiger partial charge in [0.1, 0.15) is 4.92 Å². The third-order valence-electron chi connectivity index (χ3n) is 4.05. The maximum Gasteiger partial charge on any atom is 0.433 e. The number of aromatic nitrogens is 1. The molecular weight excluding hydrogens is 360 g/mol. The highest BCUT2D eigenvalue weighted by atomic mass is 32.1. The van der Waals surface area contributed by atoms with Crippen LogP contribution in [0.5, 0.6) is 0 Å². The lowest BCUT2D eigenvalue weighted by atomic mass is 9.99. The number of nitro groups is 1. The van der Waals surface area contributed by atoms with Crippen molar-refractivity contribution in [2.45, 2.75) is 0 Å². The Balaban J connectivity index is 1.35. The number of carbonyl (C=O) groups is 2. The van der Waals surface area contributed by atoms with Gasteiger partial charge in [0.15, 0.2) is 10.9 Å². The number of hydrogen-bond donors (Lipinski definition) is 1. The summed E-state index contributed by atoms with van der Waals surface area (Å²) in [5.41, 5.74) is 0.817. The maximum atomic E-state index is 12.3. The van der Waals surface area contributed by atoms with Crippen molar-refractivity contribution in [3.63, 3.8) is 0 Å². The van der Waals surface area contributed by atoms with Crippen molar-refractivity contribution in [3.05, 3.63) is 52.3 Å². The molecule has 1 fully saturated rings. The Bertz CT molecular complexity index is 988. The predicted octanol–water partition coefficient (Wildman–Crippen LogP) is 2.51. The average Bonchev–Trinajstić information content (AvgIpc) is 3.19. The number of anilines is 1. The summed E-state index contributed by atoms with van der Waals surface area (Å²) in [6.45, 7) is 0.452. The number of amides is 2. The molecule has 2 aromatic heterocycles. The first-order valence-electron chi connectivity index (χ1n) is 7.71. The molecule has 1 aliphatic heterocycles. The van der Waals surface area contributed by atoms with Crippen LogP contribution in [0.4, 0.5) is 11.0 Å². The molecule has 1 N–H and O–H groups in total. The fraction of sp³-hybridized carbons (Fsp3) is 0.188. The molecule has 0 bridgehead atoms. The molecule has 0 saturated carbocycles. The van der Waals surface area contributed by atoms with Gasteiger partial charge in [0.2, 0.25) is 5.91 Å². The van der Waals surface area contributed by atoms with Gasteiger partial charge in [-0.15, -0.1) is 0 Å². The van der Waals surface area contributed by atoms with Gasteiger partial charge in [0, 0.05) is 13.1 Å². The molecule has 4 rings (SSSR count). The molecule has 9 nitrogen and oxygen atoms in total. The summed E-state index contributed by atoms with van der Waals surface area (Å²) in [7, 11) is 0. The molecule has 3 heterocycles. The number of benzene rings is 1. The van der Waals surface area contributed by atoms with E-state index in [9.17, 15) is 19.7 Å². The van der Waals surface area contributed by atoms with Crippen LogP contribution in [0.1, 0.15) is 10.6 Å². The van der Waals surface area contributed by atoms with Gasteiger partial charge in [-0.1, -0.05) is 23.5 Å². The van der Waals surface area contributed by atoms with Gasteiger partial charge in [0.25, 0.3) is 5.91 Å². The number of nitrogens with zero attached hydrogens (tertiary/aromatic N) is 3. The molecule has 3 aromatic rings. The molecule has 132 valence electrons. The first-order valence-corrected chi connectivity index (χ1v) is 8.53. The molecule has 0 atom stereocenters. The summed E-state index contributed by atoms with van der Waals surface area (Å²) in [6.07, 6.45) is 0. The Morgan fingerprint density at radius 1 is 1.27 bits per heavy atom. The van der Waals surface area contributed by atoms with E-state index in [0.717, 1.165) is 16.3 Å². The zero-order chi connectivity index (χ0) is 18.3. The van der Waals surface area contributed by atoms with Crippen LogP contribution in [-0.2, 0) is 4.79 Å². The second-order valence-electron chi connectivity index (χ2n) is 5.78. The Morgan fingerprint density at radius 2 is 2.04 bits per heavy atom. The topological polar surface area (TPSA) is 119 Å². The van der Waals surface area contributed by atoms with Crippen LogP contribution in [0, 0.1) is 16.0 Å². The summed E-state index contributed by atoms with van der Waals surface area (Å²) in [6, 6.07) is 9.96. The number of carbonyl (C=O) groups excluding carboxylic acids is 2. The Morgan fingerprint density at radius 3 is 2.73 bits per heavy atom.